The van der Waals surface area contributed by atoms with Crippen LogP contribution in [0.1, 0.15) is 49.2 Å². The number of nitriles is 1. The van der Waals surface area contributed by atoms with E-state index in [0.29, 0.717) is 47.2 Å². The molecule has 12 nitrogen and oxygen atoms in total. The van der Waals surface area contributed by atoms with Crippen LogP contribution in [0.3, 0.4) is 0 Å². The molecule has 3 aromatic rings. The van der Waals surface area contributed by atoms with Crippen LogP contribution in [0.2, 0.25) is 0 Å². The highest BCUT2D eigenvalue weighted by Crippen LogP contribution is 2.36. The number of aliphatic hydroxyl groups excluding tert-OH is 1. The van der Waals surface area contributed by atoms with E-state index in [9.17, 15) is 15.2 Å². The smallest absolute Gasteiger partial charge is 0.408 e. The number of nitrogens with zero attached hydrogens (tertiary/aromatic N) is 5. The summed E-state index contributed by atoms with van der Waals surface area (Å²) >= 11 is 0. The van der Waals surface area contributed by atoms with Gasteiger partial charge in [-0.2, -0.15) is 10.4 Å². The number of alkyl halides is 1. The molecular weight excluding hydrogens is 459 g/mol. The fraction of sp³-hybridized carbons (Fsp3) is 0.500. The molecule has 2 aliphatic rings. The van der Waals surface area contributed by atoms with Gasteiger partial charge >= 0.3 is 6.09 Å². The first-order valence-corrected chi connectivity index (χ1v) is 11.3. The summed E-state index contributed by atoms with van der Waals surface area (Å²) < 4.78 is 27.4. The number of aliphatic hydroxyl groups is 1. The second-order valence-corrected chi connectivity index (χ2v) is 8.98. The zero-order valence-electron chi connectivity index (χ0n) is 19.0. The van der Waals surface area contributed by atoms with E-state index in [4.69, 9.17) is 9.47 Å². The number of halogens is 1. The highest BCUT2D eigenvalue weighted by molar-refractivity contribution is 5.69. The van der Waals surface area contributed by atoms with Gasteiger partial charge in [0.25, 0.3) is 0 Å². The molecule has 1 saturated carbocycles. The first-order chi connectivity index (χ1) is 16.9. The Morgan fingerprint density at radius 2 is 2.34 bits per heavy atom. The zero-order chi connectivity index (χ0) is 24.6. The quantitative estimate of drug-likeness (QED) is 0.375. The summed E-state index contributed by atoms with van der Waals surface area (Å²) in [5.74, 6) is 0.706. The van der Waals surface area contributed by atoms with E-state index in [0.717, 1.165) is 12.8 Å². The average Bonchev–Trinajstić information content (AvgIpc) is 3.23. The van der Waals surface area contributed by atoms with Crippen LogP contribution in [0.4, 0.5) is 21.0 Å². The number of fused-ring (bicyclic) bond motifs is 1. The molecule has 4 N–H and O–H groups in total. The minimum absolute atomic E-state index is 0.0326. The Kier molecular flexibility index (Phi) is 6.00. The predicted molar refractivity (Wildman–Crippen MR) is 120 cm³/mol. The van der Waals surface area contributed by atoms with Crippen molar-refractivity contribution in [3.63, 3.8) is 0 Å². The van der Waals surface area contributed by atoms with Crippen LogP contribution in [0, 0.1) is 11.3 Å². The van der Waals surface area contributed by atoms with Crippen LogP contribution < -0.4 is 10.6 Å². The molecule has 2 fully saturated rings. The third kappa shape index (κ3) is 4.62. The van der Waals surface area contributed by atoms with Crippen molar-refractivity contribution < 1.29 is 23.8 Å². The van der Waals surface area contributed by atoms with Gasteiger partial charge in [-0.15, -0.1) is 0 Å². The summed E-state index contributed by atoms with van der Waals surface area (Å²) in [5, 5.41) is 31.5. The second kappa shape index (κ2) is 9.12. The number of aromatic nitrogens is 5. The number of aryl methyl sites for hydroxylation is 1. The van der Waals surface area contributed by atoms with Crippen LogP contribution in [-0.4, -0.2) is 66.8 Å². The Bertz CT molecular complexity index is 1280. The Labute approximate surface area is 199 Å². The summed E-state index contributed by atoms with van der Waals surface area (Å²) in [6.45, 7) is 1.80. The van der Waals surface area contributed by atoms with Crippen LogP contribution in [0.5, 0.6) is 0 Å². The standard InChI is InChI=1S/C22H25FN8O4/c1-22(4-5-22)28-21(33)35-15-11-34-18(17(15)23)14-9-16(30-29-14)27-20-26-13(3-2-8-32)12(10-24)19-25-6-7-31(19)20/h6-7,9,15,17-18,32H,2-5,8,11H2,1H3,(H,28,33)(H2,26,27,29,30)/t15-,17-,18-/m1/s1. The molecule has 3 aromatic heterocycles. The van der Waals surface area contributed by atoms with Crippen LogP contribution >= 0.6 is 0 Å². The Hall–Kier alpha value is -3.76. The van der Waals surface area contributed by atoms with Crippen LogP contribution in [0.25, 0.3) is 5.65 Å². The van der Waals surface area contributed by atoms with Gasteiger partial charge in [0.05, 0.1) is 18.0 Å². The van der Waals surface area contributed by atoms with Crippen molar-refractivity contribution in [3.8, 4) is 6.07 Å². The minimum atomic E-state index is -1.57. The topological polar surface area (TPSA) is 162 Å². The Morgan fingerprint density at radius 1 is 1.51 bits per heavy atom. The van der Waals surface area contributed by atoms with Gasteiger partial charge in [-0.05, 0) is 32.6 Å². The van der Waals surface area contributed by atoms with E-state index < -0.39 is 24.5 Å². The van der Waals surface area contributed by atoms with Gasteiger partial charge in [-0.3, -0.25) is 9.50 Å². The maximum absolute atomic E-state index is 15.0. The summed E-state index contributed by atoms with van der Waals surface area (Å²) in [6.07, 6.45) is 1.57. The molecule has 0 bridgehead atoms. The third-order valence-electron chi connectivity index (χ3n) is 6.20. The number of aromatic amines is 1. The van der Waals surface area contributed by atoms with Crippen molar-refractivity contribution >= 4 is 23.5 Å². The number of hydrogen-bond donors (Lipinski definition) is 4. The fourth-order valence-corrected chi connectivity index (χ4v) is 3.98. The molecule has 13 heteroatoms. The average molecular weight is 484 g/mol. The van der Waals surface area contributed by atoms with E-state index in [-0.39, 0.29) is 18.8 Å². The molecule has 35 heavy (non-hydrogen) atoms. The number of carbonyl (C=O) groups excluding carboxylic acids is 1. The van der Waals surface area contributed by atoms with E-state index in [1.54, 1.807) is 22.9 Å². The molecule has 1 amide bonds. The summed E-state index contributed by atoms with van der Waals surface area (Å²) in [6, 6.07) is 3.71. The number of nitrogens with one attached hydrogen (secondary N) is 3. The van der Waals surface area contributed by atoms with Gasteiger partial charge in [0.15, 0.2) is 23.7 Å². The monoisotopic (exact) mass is 484 g/mol. The van der Waals surface area contributed by atoms with E-state index >= 15 is 4.39 Å². The number of imidazole rings is 1. The number of rotatable bonds is 8. The SMILES string of the molecule is CC1(NC(=O)O[C@@H]2CO[C@H](c3cc(Nc4nc(CCCO)c(C#N)c5nccn45)n[nH]3)[C@@H]2F)CC1. The maximum Gasteiger partial charge on any atom is 0.408 e. The molecule has 1 saturated heterocycles. The van der Waals surface area contributed by atoms with Gasteiger partial charge in [0, 0.05) is 30.6 Å². The van der Waals surface area contributed by atoms with Crippen molar-refractivity contribution in [1.29, 1.82) is 5.26 Å². The number of ether oxygens (including phenoxy) is 2. The molecule has 4 heterocycles. The molecule has 0 unspecified atom stereocenters. The van der Waals surface area contributed by atoms with E-state index in [2.05, 4.69) is 36.9 Å². The lowest BCUT2D eigenvalue weighted by molar-refractivity contribution is 0.0604. The molecule has 1 aliphatic carbocycles. The molecule has 0 spiro atoms. The molecule has 5 rings (SSSR count). The number of alkyl carbamates (subject to hydrolysis) is 1. The third-order valence-corrected chi connectivity index (χ3v) is 6.20. The van der Waals surface area contributed by atoms with E-state index in [1.165, 1.54) is 0 Å². The van der Waals surface area contributed by atoms with Gasteiger partial charge in [-0.1, -0.05) is 0 Å². The number of carbonyl (C=O) groups is 1. The van der Waals surface area contributed by atoms with Crippen molar-refractivity contribution in [3.05, 3.63) is 35.4 Å². The largest absolute Gasteiger partial charge is 0.441 e. The van der Waals surface area contributed by atoms with Gasteiger partial charge in [0.2, 0.25) is 5.95 Å². The predicted octanol–water partition coefficient (Wildman–Crippen LogP) is 2.05. The molecule has 3 atom stereocenters. The van der Waals surface area contributed by atoms with Crippen molar-refractivity contribution in [2.24, 2.45) is 0 Å². The lowest BCUT2D eigenvalue weighted by atomic mass is 10.1. The minimum Gasteiger partial charge on any atom is -0.441 e. The first-order valence-electron chi connectivity index (χ1n) is 11.3. The first kappa shape index (κ1) is 23.0. The summed E-state index contributed by atoms with van der Waals surface area (Å²) in [4.78, 5) is 20.8. The number of H-pyrrole nitrogens is 1. The number of amides is 1. The highest BCUT2D eigenvalue weighted by Gasteiger charge is 2.44. The van der Waals surface area contributed by atoms with Crippen molar-refractivity contribution in [2.45, 2.75) is 56.5 Å². The molecule has 0 radical (unpaired) electrons. The van der Waals surface area contributed by atoms with Gasteiger partial charge in [-0.25, -0.2) is 19.2 Å². The highest BCUT2D eigenvalue weighted by atomic mass is 19.1. The Morgan fingerprint density at radius 3 is 3.09 bits per heavy atom. The summed E-state index contributed by atoms with van der Waals surface area (Å²) in [5.41, 5.74) is 1.37. The van der Waals surface area contributed by atoms with Crippen molar-refractivity contribution in [1.82, 2.24) is 29.9 Å². The number of hydrogen-bond acceptors (Lipinski definition) is 9. The van der Waals surface area contributed by atoms with Crippen LogP contribution in [-0.2, 0) is 15.9 Å². The normalized spacial score (nSPS) is 22.6. The summed E-state index contributed by atoms with van der Waals surface area (Å²) in [7, 11) is 0. The number of anilines is 2. The second-order valence-electron chi connectivity index (χ2n) is 8.98. The van der Waals surface area contributed by atoms with Crippen molar-refractivity contribution in [2.75, 3.05) is 18.5 Å². The zero-order valence-corrected chi connectivity index (χ0v) is 19.0. The van der Waals surface area contributed by atoms with Gasteiger partial charge < -0.3 is 25.2 Å². The van der Waals surface area contributed by atoms with Gasteiger partial charge in [0.1, 0.15) is 17.7 Å². The molecule has 184 valence electrons. The molecule has 1 aliphatic heterocycles. The van der Waals surface area contributed by atoms with Crippen LogP contribution in [0.15, 0.2) is 18.5 Å². The van der Waals surface area contributed by atoms with E-state index in [1.807, 2.05) is 6.92 Å². The maximum atomic E-state index is 15.0. The fourth-order valence-electron chi connectivity index (χ4n) is 3.98. The lowest BCUT2D eigenvalue weighted by Crippen LogP contribution is -2.39. The molecular formula is C22H25FN8O4. The lowest BCUT2D eigenvalue weighted by Gasteiger charge is -2.17. The Balaban J connectivity index is 1.30. The molecule has 0 aromatic carbocycles.